The molecule has 96 valence electrons. The highest BCUT2D eigenvalue weighted by atomic mass is 35.5. The third kappa shape index (κ3) is 3.22. The van der Waals surface area contributed by atoms with Gasteiger partial charge in [-0.3, -0.25) is 4.68 Å². The summed E-state index contributed by atoms with van der Waals surface area (Å²) in [5.41, 5.74) is 0.871. The van der Waals surface area contributed by atoms with Crippen LogP contribution >= 0.6 is 23.2 Å². The van der Waals surface area contributed by atoms with Crippen LogP contribution in [0.5, 0.6) is 0 Å². The van der Waals surface area contributed by atoms with E-state index in [9.17, 15) is 5.11 Å². The summed E-state index contributed by atoms with van der Waals surface area (Å²) in [7, 11) is 1.80. The molecular weight excluding hydrogens is 273 g/mol. The molecule has 1 heterocycles. The molecule has 0 saturated carbocycles. The topological polar surface area (TPSA) is 50.9 Å². The van der Waals surface area contributed by atoms with Crippen molar-refractivity contribution >= 4 is 23.2 Å². The highest BCUT2D eigenvalue weighted by Gasteiger charge is 2.12. The maximum Gasteiger partial charge on any atom is 0.138 e. The Morgan fingerprint density at radius 3 is 2.72 bits per heavy atom. The number of rotatable bonds is 4. The number of aliphatic hydroxyl groups excluding tert-OH is 1. The average molecular weight is 286 g/mol. The summed E-state index contributed by atoms with van der Waals surface area (Å²) in [6.45, 7) is 0. The smallest absolute Gasteiger partial charge is 0.138 e. The van der Waals surface area contributed by atoms with Crippen molar-refractivity contribution in [3.63, 3.8) is 0 Å². The molecule has 0 aliphatic heterocycles. The van der Waals surface area contributed by atoms with Gasteiger partial charge in [0, 0.05) is 29.9 Å². The van der Waals surface area contributed by atoms with Gasteiger partial charge < -0.3 is 5.11 Å². The number of hydrogen-bond donors (Lipinski definition) is 1. The predicted molar refractivity (Wildman–Crippen MR) is 70.9 cm³/mol. The van der Waals surface area contributed by atoms with E-state index in [1.165, 1.54) is 6.33 Å². The number of aryl methyl sites for hydroxylation is 1. The largest absolute Gasteiger partial charge is 0.392 e. The Bertz CT molecular complexity index is 542. The quantitative estimate of drug-likeness (QED) is 0.938. The summed E-state index contributed by atoms with van der Waals surface area (Å²) < 4.78 is 1.65. The molecule has 0 amide bonds. The molecule has 0 spiro atoms. The van der Waals surface area contributed by atoms with E-state index in [0.29, 0.717) is 22.9 Å². The van der Waals surface area contributed by atoms with Gasteiger partial charge >= 0.3 is 0 Å². The van der Waals surface area contributed by atoms with Gasteiger partial charge in [-0.2, -0.15) is 5.10 Å². The first kappa shape index (κ1) is 13.3. The number of benzene rings is 1. The monoisotopic (exact) mass is 285 g/mol. The van der Waals surface area contributed by atoms with Gasteiger partial charge in [-0.05, 0) is 17.7 Å². The molecule has 0 aliphatic rings. The molecule has 1 unspecified atom stereocenters. The zero-order valence-corrected chi connectivity index (χ0v) is 11.4. The van der Waals surface area contributed by atoms with Crippen molar-refractivity contribution in [1.29, 1.82) is 0 Å². The first-order chi connectivity index (χ1) is 8.56. The molecule has 1 aromatic carbocycles. The molecule has 2 rings (SSSR count). The normalized spacial score (nSPS) is 12.7. The summed E-state index contributed by atoms with van der Waals surface area (Å²) in [6, 6.07) is 5.26. The minimum atomic E-state index is -0.549. The molecule has 4 nitrogen and oxygen atoms in total. The molecule has 0 fully saturated rings. The lowest BCUT2D eigenvalue weighted by Crippen LogP contribution is -2.17. The fourth-order valence-electron chi connectivity index (χ4n) is 1.73. The molecular formula is C12H13Cl2N3O. The van der Waals surface area contributed by atoms with Gasteiger partial charge in [-0.25, -0.2) is 4.98 Å². The predicted octanol–water partition coefficient (Wildman–Crippen LogP) is 2.27. The van der Waals surface area contributed by atoms with E-state index in [0.717, 1.165) is 11.4 Å². The molecule has 0 saturated heterocycles. The highest BCUT2D eigenvalue weighted by Crippen LogP contribution is 2.22. The average Bonchev–Trinajstić information content (AvgIpc) is 2.69. The number of halogens is 2. The van der Waals surface area contributed by atoms with Crippen molar-refractivity contribution in [1.82, 2.24) is 14.8 Å². The molecule has 1 N–H and O–H groups in total. The van der Waals surface area contributed by atoms with Gasteiger partial charge in [0.1, 0.15) is 12.2 Å². The summed E-state index contributed by atoms with van der Waals surface area (Å²) in [4.78, 5) is 4.07. The van der Waals surface area contributed by atoms with Gasteiger partial charge in [0.05, 0.1) is 6.10 Å². The van der Waals surface area contributed by atoms with E-state index in [-0.39, 0.29) is 0 Å². The third-order valence-corrected chi connectivity index (χ3v) is 3.28. The van der Waals surface area contributed by atoms with Crippen LogP contribution in [0.1, 0.15) is 11.4 Å². The minimum absolute atomic E-state index is 0.440. The van der Waals surface area contributed by atoms with Crippen molar-refractivity contribution in [3.05, 3.63) is 46.0 Å². The zero-order chi connectivity index (χ0) is 13.1. The Kier molecular flexibility index (Phi) is 4.22. The Hall–Kier alpha value is -1.10. The van der Waals surface area contributed by atoms with E-state index >= 15 is 0 Å². The van der Waals surface area contributed by atoms with Crippen LogP contribution in [0.3, 0.4) is 0 Å². The van der Waals surface area contributed by atoms with Crippen molar-refractivity contribution in [2.75, 3.05) is 0 Å². The van der Waals surface area contributed by atoms with E-state index in [4.69, 9.17) is 23.2 Å². The summed E-state index contributed by atoms with van der Waals surface area (Å²) in [5.74, 6) is 0.743. The van der Waals surface area contributed by atoms with Crippen LogP contribution in [0, 0.1) is 0 Å². The van der Waals surface area contributed by atoms with Gasteiger partial charge in [-0.1, -0.05) is 29.3 Å². The van der Waals surface area contributed by atoms with E-state index in [1.54, 1.807) is 23.9 Å². The van der Waals surface area contributed by atoms with Gasteiger partial charge in [0.25, 0.3) is 0 Å². The van der Waals surface area contributed by atoms with E-state index < -0.39 is 6.10 Å². The van der Waals surface area contributed by atoms with Gasteiger partial charge in [0.15, 0.2) is 0 Å². The third-order valence-electron chi connectivity index (χ3n) is 2.69. The molecule has 0 aliphatic carbocycles. The van der Waals surface area contributed by atoms with E-state index in [1.807, 2.05) is 6.07 Å². The van der Waals surface area contributed by atoms with Crippen LogP contribution in [0.25, 0.3) is 0 Å². The highest BCUT2D eigenvalue weighted by molar-refractivity contribution is 6.35. The maximum absolute atomic E-state index is 10.0. The van der Waals surface area contributed by atoms with Crippen molar-refractivity contribution in [2.45, 2.75) is 18.9 Å². The summed E-state index contributed by atoms with van der Waals surface area (Å²) in [6.07, 6.45) is 1.82. The summed E-state index contributed by atoms with van der Waals surface area (Å²) >= 11 is 11.9. The fourth-order valence-corrected chi connectivity index (χ4v) is 2.21. The molecule has 6 heteroatoms. The molecule has 2 aromatic rings. The van der Waals surface area contributed by atoms with E-state index in [2.05, 4.69) is 10.1 Å². The number of aliphatic hydroxyl groups is 1. The van der Waals surface area contributed by atoms with Crippen molar-refractivity contribution < 1.29 is 5.11 Å². The SMILES string of the molecule is Cn1ncnc1CC(O)Cc1ccc(Cl)cc1Cl. The number of aromatic nitrogens is 3. The van der Waals surface area contributed by atoms with Crippen molar-refractivity contribution in [2.24, 2.45) is 7.05 Å². The zero-order valence-electron chi connectivity index (χ0n) is 9.85. The number of hydrogen-bond acceptors (Lipinski definition) is 3. The van der Waals surface area contributed by atoms with Crippen molar-refractivity contribution in [3.8, 4) is 0 Å². The maximum atomic E-state index is 10.0. The second-order valence-corrected chi connectivity index (χ2v) is 4.94. The molecule has 0 bridgehead atoms. The first-order valence-corrected chi connectivity index (χ1v) is 6.26. The van der Waals surface area contributed by atoms with Crippen LogP contribution in [0.2, 0.25) is 10.0 Å². The number of nitrogens with zero attached hydrogens (tertiary/aromatic N) is 3. The second kappa shape index (κ2) is 5.69. The lowest BCUT2D eigenvalue weighted by Gasteiger charge is -2.11. The Balaban J connectivity index is 2.03. The molecule has 0 radical (unpaired) electrons. The lowest BCUT2D eigenvalue weighted by atomic mass is 10.1. The fraction of sp³-hybridized carbons (Fsp3) is 0.333. The standard InChI is InChI=1S/C12H13Cl2N3O/c1-17-12(15-7-16-17)6-10(18)4-8-2-3-9(13)5-11(8)14/h2-3,5,7,10,18H,4,6H2,1H3. The Morgan fingerprint density at radius 2 is 2.11 bits per heavy atom. The Labute approximate surface area is 115 Å². The van der Waals surface area contributed by atoms with Crippen LogP contribution in [0.4, 0.5) is 0 Å². The molecule has 1 atom stereocenters. The van der Waals surface area contributed by atoms with Gasteiger partial charge in [0.2, 0.25) is 0 Å². The van der Waals surface area contributed by atoms with Crippen LogP contribution < -0.4 is 0 Å². The first-order valence-electron chi connectivity index (χ1n) is 5.51. The van der Waals surface area contributed by atoms with Crippen LogP contribution in [-0.4, -0.2) is 26.0 Å². The Morgan fingerprint density at radius 1 is 1.33 bits per heavy atom. The summed E-state index contributed by atoms with van der Waals surface area (Å²) in [5, 5.41) is 15.1. The molecule has 1 aromatic heterocycles. The second-order valence-electron chi connectivity index (χ2n) is 4.10. The van der Waals surface area contributed by atoms with Gasteiger partial charge in [-0.15, -0.1) is 0 Å². The lowest BCUT2D eigenvalue weighted by molar-refractivity contribution is 0.171. The minimum Gasteiger partial charge on any atom is -0.392 e. The van der Waals surface area contributed by atoms with Crippen LogP contribution in [-0.2, 0) is 19.9 Å². The van der Waals surface area contributed by atoms with Crippen LogP contribution in [0.15, 0.2) is 24.5 Å². The molecule has 18 heavy (non-hydrogen) atoms.